The van der Waals surface area contributed by atoms with E-state index < -0.39 is 18.7 Å². The second-order valence-corrected chi connectivity index (χ2v) is 7.28. The second kappa shape index (κ2) is 4.93. The van der Waals surface area contributed by atoms with E-state index in [4.69, 9.17) is 4.52 Å². The van der Waals surface area contributed by atoms with Crippen LogP contribution in [0.2, 0.25) is 0 Å². The van der Waals surface area contributed by atoms with Gasteiger partial charge in [-0.2, -0.15) is 0 Å². The van der Waals surface area contributed by atoms with Crippen molar-refractivity contribution in [3.63, 3.8) is 0 Å². The summed E-state index contributed by atoms with van der Waals surface area (Å²) in [6.45, 7) is 4.76. The minimum atomic E-state index is -2.97. The zero-order valence-electron chi connectivity index (χ0n) is 11.1. The van der Waals surface area contributed by atoms with Crippen molar-refractivity contribution in [3.05, 3.63) is 39.9 Å². The Labute approximate surface area is 116 Å². The quantitative estimate of drug-likeness (QED) is 0.347. The molecule has 8 heteroatoms. The first-order valence-electron chi connectivity index (χ1n) is 6.55. The highest BCUT2D eigenvalue weighted by atomic mass is 31.2. The van der Waals surface area contributed by atoms with Gasteiger partial charge in [0.1, 0.15) is 0 Å². The van der Waals surface area contributed by atoms with Crippen molar-refractivity contribution in [2.45, 2.75) is 13.0 Å². The summed E-state index contributed by atoms with van der Waals surface area (Å²) in [4.78, 5) is 10.6. The predicted molar refractivity (Wildman–Crippen MR) is 73.3 cm³/mol. The fourth-order valence-electron chi connectivity index (χ4n) is 2.17. The molecule has 1 aromatic rings. The predicted octanol–water partition coefficient (Wildman–Crippen LogP) is 2.41. The first kappa shape index (κ1) is 13.7. The molecule has 1 atom stereocenters. The van der Waals surface area contributed by atoms with E-state index in [2.05, 4.69) is 0 Å². The first-order valence-corrected chi connectivity index (χ1v) is 8.08. The van der Waals surface area contributed by atoms with Gasteiger partial charge in [0.25, 0.3) is 5.69 Å². The number of nitro benzene ring substituents is 1. The number of benzene rings is 1. The maximum Gasteiger partial charge on any atom is 0.346 e. The van der Waals surface area contributed by atoms with Crippen molar-refractivity contribution < 1.29 is 14.0 Å². The van der Waals surface area contributed by atoms with Crippen LogP contribution in [0, 0.1) is 10.1 Å². The molecule has 0 radical (unpaired) electrons. The summed E-state index contributed by atoms with van der Waals surface area (Å²) in [7, 11) is -2.97. The van der Waals surface area contributed by atoms with Crippen LogP contribution in [0.4, 0.5) is 5.69 Å². The summed E-state index contributed by atoms with van der Waals surface area (Å²) < 4.78 is 22.2. The molecule has 7 nitrogen and oxygen atoms in total. The van der Waals surface area contributed by atoms with E-state index in [1.54, 1.807) is 34.5 Å². The Hall–Kier alpha value is -1.27. The van der Waals surface area contributed by atoms with Crippen molar-refractivity contribution >= 4 is 13.4 Å². The maximum absolute atomic E-state index is 12.9. The third kappa shape index (κ3) is 2.50. The Morgan fingerprint density at radius 1 is 1.25 bits per heavy atom. The van der Waals surface area contributed by atoms with E-state index in [1.807, 2.05) is 0 Å². The lowest BCUT2D eigenvalue weighted by Gasteiger charge is -2.24. The topological polar surface area (TPSA) is 75.5 Å². The van der Waals surface area contributed by atoms with Gasteiger partial charge in [0, 0.05) is 32.2 Å². The highest BCUT2D eigenvalue weighted by Gasteiger charge is 2.50. The Balaban J connectivity index is 1.84. The van der Waals surface area contributed by atoms with Crippen LogP contribution in [-0.2, 0) is 9.09 Å². The summed E-state index contributed by atoms with van der Waals surface area (Å²) in [5.74, 6) is 0. The fraction of sp³-hybridized carbons (Fsp3) is 0.500. The van der Waals surface area contributed by atoms with Crippen molar-refractivity contribution in [3.8, 4) is 0 Å². The lowest BCUT2D eigenvalue weighted by Crippen LogP contribution is -2.11. The van der Waals surface area contributed by atoms with Crippen molar-refractivity contribution in [2.24, 2.45) is 0 Å². The molecule has 0 aromatic heterocycles. The van der Waals surface area contributed by atoms with Crippen LogP contribution in [0.5, 0.6) is 0 Å². The lowest BCUT2D eigenvalue weighted by atomic mass is 10.1. The molecule has 0 spiro atoms. The van der Waals surface area contributed by atoms with Crippen LogP contribution in [0.1, 0.15) is 18.6 Å². The van der Waals surface area contributed by atoms with Gasteiger partial charge < -0.3 is 0 Å². The monoisotopic (exact) mass is 297 g/mol. The van der Waals surface area contributed by atoms with E-state index in [-0.39, 0.29) is 5.69 Å². The zero-order chi connectivity index (χ0) is 14.3. The molecule has 0 N–H and O–H groups in total. The molecule has 2 aliphatic rings. The van der Waals surface area contributed by atoms with Crippen LogP contribution in [0.3, 0.4) is 0 Å². The van der Waals surface area contributed by atoms with Gasteiger partial charge in [-0.1, -0.05) is 12.1 Å². The number of hydrogen-bond acceptors (Lipinski definition) is 4. The summed E-state index contributed by atoms with van der Waals surface area (Å²) in [6, 6.07) is 6.43. The molecular formula is C12H16N3O4P. The van der Waals surface area contributed by atoms with Gasteiger partial charge in [-0.3, -0.25) is 19.2 Å². The standard InChI is InChI=1S/C12H16N3O4P/c1-10(11-4-2-3-5-12(11)15(16)17)19-20(18,13-6-7-13)14-8-9-14/h2-5,10H,6-9H2,1H3. The summed E-state index contributed by atoms with van der Waals surface area (Å²) >= 11 is 0. The van der Waals surface area contributed by atoms with Crippen molar-refractivity contribution in [1.29, 1.82) is 0 Å². The molecule has 2 saturated heterocycles. The summed E-state index contributed by atoms with van der Waals surface area (Å²) in [5.41, 5.74) is 0.463. The average molecular weight is 297 g/mol. The molecule has 3 rings (SSSR count). The highest BCUT2D eigenvalue weighted by Crippen LogP contribution is 2.63. The highest BCUT2D eigenvalue weighted by molar-refractivity contribution is 7.54. The molecule has 0 bridgehead atoms. The normalized spacial score (nSPS) is 20.6. The molecular weight excluding hydrogens is 281 g/mol. The van der Waals surface area contributed by atoms with Crippen molar-refractivity contribution in [1.82, 2.24) is 9.34 Å². The number of para-hydroxylation sites is 1. The largest absolute Gasteiger partial charge is 0.346 e. The van der Waals surface area contributed by atoms with Crippen LogP contribution in [0.15, 0.2) is 24.3 Å². The van der Waals surface area contributed by atoms with Gasteiger partial charge in [-0.25, -0.2) is 9.34 Å². The van der Waals surface area contributed by atoms with E-state index in [0.717, 1.165) is 26.2 Å². The van der Waals surface area contributed by atoms with Crippen molar-refractivity contribution in [2.75, 3.05) is 26.2 Å². The van der Waals surface area contributed by atoms with Crippen LogP contribution >= 0.6 is 7.67 Å². The van der Waals surface area contributed by atoms with E-state index >= 15 is 0 Å². The average Bonchev–Trinajstić information content (AvgIpc) is 3.31. The van der Waals surface area contributed by atoms with Crippen LogP contribution in [0.25, 0.3) is 0 Å². The SMILES string of the molecule is CC(OP(=O)(N1CC1)N1CC1)c1ccccc1[N+](=O)[O-]. The van der Waals surface area contributed by atoms with Gasteiger partial charge in [0.05, 0.1) is 16.6 Å². The van der Waals surface area contributed by atoms with E-state index in [1.165, 1.54) is 6.07 Å². The lowest BCUT2D eigenvalue weighted by molar-refractivity contribution is -0.386. The summed E-state index contributed by atoms with van der Waals surface area (Å²) in [6.07, 6.45) is -0.580. The van der Waals surface area contributed by atoms with Gasteiger partial charge >= 0.3 is 7.67 Å². The minimum absolute atomic E-state index is 0.00291. The molecule has 2 fully saturated rings. The minimum Gasteiger partial charge on any atom is -0.298 e. The Kier molecular flexibility index (Phi) is 3.38. The third-order valence-corrected chi connectivity index (χ3v) is 6.25. The number of rotatable bonds is 6. The van der Waals surface area contributed by atoms with E-state index in [0.29, 0.717) is 5.56 Å². The maximum atomic E-state index is 12.9. The number of hydrogen-bond donors (Lipinski definition) is 0. The van der Waals surface area contributed by atoms with Gasteiger partial charge in [0.15, 0.2) is 0 Å². The molecule has 1 aromatic carbocycles. The fourth-order valence-corrected chi connectivity index (χ4v) is 4.51. The molecule has 1 unspecified atom stereocenters. The third-order valence-electron chi connectivity index (χ3n) is 3.43. The van der Waals surface area contributed by atoms with E-state index in [9.17, 15) is 14.7 Å². The first-order chi connectivity index (χ1) is 9.52. The molecule has 108 valence electrons. The smallest absolute Gasteiger partial charge is 0.298 e. The molecule has 20 heavy (non-hydrogen) atoms. The van der Waals surface area contributed by atoms with Crippen LogP contribution in [-0.4, -0.2) is 40.4 Å². The van der Waals surface area contributed by atoms with Crippen LogP contribution < -0.4 is 0 Å². The molecule has 2 heterocycles. The Morgan fingerprint density at radius 2 is 1.80 bits per heavy atom. The number of nitrogens with zero attached hydrogens (tertiary/aromatic N) is 3. The summed E-state index contributed by atoms with van der Waals surface area (Å²) in [5, 5.41) is 11.0. The van der Waals surface area contributed by atoms with Gasteiger partial charge in [-0.15, -0.1) is 0 Å². The molecule has 2 aliphatic heterocycles. The molecule has 0 saturated carbocycles. The molecule has 0 amide bonds. The second-order valence-electron chi connectivity index (χ2n) is 4.96. The zero-order valence-corrected chi connectivity index (χ0v) is 12.0. The van der Waals surface area contributed by atoms with Gasteiger partial charge in [0.2, 0.25) is 0 Å². The van der Waals surface area contributed by atoms with Gasteiger partial charge in [-0.05, 0) is 13.0 Å². The molecule has 0 aliphatic carbocycles. The Morgan fingerprint density at radius 3 is 2.30 bits per heavy atom. The number of nitro groups is 1. The Bertz CT molecular complexity index is 570.